The van der Waals surface area contributed by atoms with Gasteiger partial charge in [-0.1, -0.05) is 18.6 Å². The standard InChI is InChI=1S/C22H23F3N4/c23-22(24,25)17-7-4-16(5-8-17)21-19(14-10-12-27-13-11-14)20(28-29-21)15-2-1-3-18(26)9-6-15/h4-5,7-8,10-13,15,18H,1-3,6,9,26H2,(H,28,29). The van der Waals surface area contributed by atoms with Gasteiger partial charge in [0.05, 0.1) is 5.56 Å². The van der Waals surface area contributed by atoms with Gasteiger partial charge in [-0.15, -0.1) is 0 Å². The summed E-state index contributed by atoms with van der Waals surface area (Å²) in [5.41, 5.74) is 9.71. The van der Waals surface area contributed by atoms with E-state index in [2.05, 4.69) is 15.2 Å². The highest BCUT2D eigenvalue weighted by Crippen LogP contribution is 2.41. The average Bonchev–Trinajstić information content (AvgIpc) is 3.04. The molecular weight excluding hydrogens is 377 g/mol. The second-order valence-corrected chi connectivity index (χ2v) is 7.64. The van der Waals surface area contributed by atoms with Crippen molar-refractivity contribution in [2.75, 3.05) is 0 Å². The third kappa shape index (κ3) is 4.19. The molecular formula is C22H23F3N4. The lowest BCUT2D eigenvalue weighted by Gasteiger charge is -2.15. The third-order valence-corrected chi connectivity index (χ3v) is 5.67. The zero-order chi connectivity index (χ0) is 20.4. The largest absolute Gasteiger partial charge is 0.416 e. The fourth-order valence-corrected chi connectivity index (χ4v) is 4.11. The number of benzene rings is 1. The maximum atomic E-state index is 12.9. The van der Waals surface area contributed by atoms with Crippen LogP contribution in [0.1, 0.15) is 49.3 Å². The van der Waals surface area contributed by atoms with Crippen LogP contribution < -0.4 is 5.73 Å². The van der Waals surface area contributed by atoms with Gasteiger partial charge in [-0.25, -0.2) is 0 Å². The zero-order valence-corrected chi connectivity index (χ0v) is 15.9. The van der Waals surface area contributed by atoms with E-state index in [0.29, 0.717) is 17.2 Å². The van der Waals surface area contributed by atoms with Crippen molar-refractivity contribution in [2.24, 2.45) is 5.73 Å². The molecule has 0 aliphatic heterocycles. The number of aromatic nitrogens is 3. The van der Waals surface area contributed by atoms with Crippen molar-refractivity contribution in [3.8, 4) is 22.4 Å². The van der Waals surface area contributed by atoms with E-state index in [1.165, 1.54) is 12.1 Å². The normalized spacial score (nSPS) is 20.4. The lowest BCUT2D eigenvalue weighted by molar-refractivity contribution is -0.137. The summed E-state index contributed by atoms with van der Waals surface area (Å²) in [6, 6.07) is 9.21. The summed E-state index contributed by atoms with van der Waals surface area (Å²) in [5, 5.41) is 7.72. The molecule has 0 spiro atoms. The molecule has 0 amide bonds. The van der Waals surface area contributed by atoms with Crippen molar-refractivity contribution >= 4 is 0 Å². The predicted molar refractivity (Wildman–Crippen MR) is 106 cm³/mol. The van der Waals surface area contributed by atoms with Crippen LogP contribution in [0, 0.1) is 0 Å². The van der Waals surface area contributed by atoms with Crippen molar-refractivity contribution in [3.63, 3.8) is 0 Å². The zero-order valence-electron chi connectivity index (χ0n) is 15.9. The number of nitrogens with two attached hydrogens (primary N) is 1. The Hall–Kier alpha value is -2.67. The second kappa shape index (κ2) is 7.99. The maximum absolute atomic E-state index is 12.9. The van der Waals surface area contributed by atoms with Crippen molar-refractivity contribution in [1.82, 2.24) is 15.2 Å². The Balaban J connectivity index is 1.78. The number of H-pyrrole nitrogens is 1. The number of aromatic amines is 1. The molecule has 29 heavy (non-hydrogen) atoms. The molecule has 2 atom stereocenters. The van der Waals surface area contributed by atoms with Gasteiger partial charge in [0, 0.05) is 41.2 Å². The fourth-order valence-electron chi connectivity index (χ4n) is 4.11. The molecule has 1 fully saturated rings. The number of hydrogen-bond acceptors (Lipinski definition) is 3. The van der Waals surface area contributed by atoms with Crippen LogP contribution in [-0.4, -0.2) is 21.2 Å². The minimum atomic E-state index is -4.36. The smallest absolute Gasteiger partial charge is 0.328 e. The number of hydrogen-bond donors (Lipinski definition) is 2. The highest BCUT2D eigenvalue weighted by atomic mass is 19.4. The number of pyridine rings is 1. The molecule has 0 saturated heterocycles. The molecule has 1 saturated carbocycles. The van der Waals surface area contributed by atoms with Gasteiger partial charge in [-0.05, 0) is 55.5 Å². The van der Waals surface area contributed by atoms with Crippen molar-refractivity contribution < 1.29 is 13.2 Å². The molecule has 7 heteroatoms. The maximum Gasteiger partial charge on any atom is 0.416 e. The van der Waals surface area contributed by atoms with Crippen LogP contribution in [0.5, 0.6) is 0 Å². The van der Waals surface area contributed by atoms with Gasteiger partial charge in [-0.2, -0.15) is 18.3 Å². The Kier molecular flexibility index (Phi) is 5.41. The number of alkyl halides is 3. The quantitative estimate of drug-likeness (QED) is 0.568. The number of nitrogens with one attached hydrogen (secondary N) is 1. The third-order valence-electron chi connectivity index (χ3n) is 5.67. The molecule has 0 bridgehead atoms. The summed E-state index contributed by atoms with van der Waals surface area (Å²) < 4.78 is 38.8. The average molecular weight is 400 g/mol. The molecule has 1 aliphatic rings. The SMILES string of the molecule is NC1CCCC(c2[nH]nc(-c3ccc(C(F)(F)F)cc3)c2-c2ccncc2)CC1. The van der Waals surface area contributed by atoms with Crippen LogP contribution in [-0.2, 0) is 6.18 Å². The van der Waals surface area contributed by atoms with Crippen molar-refractivity contribution in [1.29, 1.82) is 0 Å². The second-order valence-electron chi connectivity index (χ2n) is 7.64. The Morgan fingerprint density at radius 1 is 0.897 bits per heavy atom. The van der Waals surface area contributed by atoms with Gasteiger partial charge < -0.3 is 5.73 Å². The lowest BCUT2D eigenvalue weighted by Crippen LogP contribution is -2.18. The van der Waals surface area contributed by atoms with E-state index < -0.39 is 11.7 Å². The molecule has 2 unspecified atom stereocenters. The Bertz CT molecular complexity index is 948. The first kappa shape index (κ1) is 19.6. The number of halogens is 3. The lowest BCUT2D eigenvalue weighted by atomic mass is 9.89. The van der Waals surface area contributed by atoms with E-state index >= 15 is 0 Å². The van der Waals surface area contributed by atoms with Gasteiger partial charge in [0.25, 0.3) is 0 Å². The minimum Gasteiger partial charge on any atom is -0.328 e. The van der Waals surface area contributed by atoms with E-state index in [9.17, 15) is 13.2 Å². The Labute approximate surface area is 167 Å². The molecule has 3 aromatic rings. The molecule has 4 rings (SSSR count). The first-order valence-corrected chi connectivity index (χ1v) is 9.85. The topological polar surface area (TPSA) is 67.6 Å². The van der Waals surface area contributed by atoms with Gasteiger partial charge >= 0.3 is 6.18 Å². The van der Waals surface area contributed by atoms with Crippen LogP contribution in [0.3, 0.4) is 0 Å². The summed E-state index contributed by atoms with van der Waals surface area (Å²) in [6.07, 6.45) is 4.07. The predicted octanol–water partition coefficient (Wildman–Crippen LogP) is 5.53. The highest BCUT2D eigenvalue weighted by molar-refractivity contribution is 5.83. The Morgan fingerprint density at radius 2 is 1.62 bits per heavy atom. The minimum absolute atomic E-state index is 0.224. The van der Waals surface area contributed by atoms with Crippen LogP contribution in [0.25, 0.3) is 22.4 Å². The summed E-state index contributed by atoms with van der Waals surface area (Å²) in [4.78, 5) is 4.09. The molecule has 2 aromatic heterocycles. The van der Waals surface area contributed by atoms with E-state index in [1.807, 2.05) is 12.1 Å². The van der Waals surface area contributed by atoms with Crippen LogP contribution in [0.15, 0.2) is 48.8 Å². The van der Waals surface area contributed by atoms with Gasteiger partial charge in [0.1, 0.15) is 5.69 Å². The molecule has 2 heterocycles. The summed E-state index contributed by atoms with van der Waals surface area (Å²) in [5.74, 6) is 0.294. The molecule has 0 radical (unpaired) electrons. The molecule has 3 N–H and O–H groups in total. The first-order chi connectivity index (χ1) is 13.9. The summed E-state index contributed by atoms with van der Waals surface area (Å²) in [7, 11) is 0. The summed E-state index contributed by atoms with van der Waals surface area (Å²) >= 11 is 0. The first-order valence-electron chi connectivity index (χ1n) is 9.85. The molecule has 152 valence electrons. The number of rotatable bonds is 3. The summed E-state index contributed by atoms with van der Waals surface area (Å²) in [6.45, 7) is 0. The van der Waals surface area contributed by atoms with Gasteiger partial charge in [-0.3, -0.25) is 10.1 Å². The highest BCUT2D eigenvalue weighted by Gasteiger charge is 2.31. The van der Waals surface area contributed by atoms with E-state index in [-0.39, 0.29) is 6.04 Å². The van der Waals surface area contributed by atoms with Crippen molar-refractivity contribution in [3.05, 3.63) is 60.0 Å². The molecule has 1 aromatic carbocycles. The van der Waals surface area contributed by atoms with Gasteiger partial charge in [0.2, 0.25) is 0 Å². The van der Waals surface area contributed by atoms with Crippen LogP contribution >= 0.6 is 0 Å². The van der Waals surface area contributed by atoms with Crippen molar-refractivity contribution in [2.45, 2.75) is 50.2 Å². The van der Waals surface area contributed by atoms with E-state index in [4.69, 9.17) is 5.73 Å². The van der Waals surface area contributed by atoms with Gasteiger partial charge in [0.15, 0.2) is 0 Å². The Morgan fingerprint density at radius 3 is 2.31 bits per heavy atom. The van der Waals surface area contributed by atoms with E-state index in [1.54, 1.807) is 12.4 Å². The van der Waals surface area contributed by atoms with Crippen LogP contribution in [0.2, 0.25) is 0 Å². The molecule has 4 nitrogen and oxygen atoms in total. The van der Waals surface area contributed by atoms with Crippen LogP contribution in [0.4, 0.5) is 13.2 Å². The monoisotopic (exact) mass is 400 g/mol. The van der Waals surface area contributed by atoms with E-state index in [0.717, 1.165) is 61.1 Å². The fraction of sp³-hybridized carbons (Fsp3) is 0.364. The number of nitrogens with zero attached hydrogens (tertiary/aromatic N) is 2. The molecule has 1 aliphatic carbocycles.